The van der Waals surface area contributed by atoms with Crippen LogP contribution >= 0.6 is 22.9 Å². The molecule has 1 aromatic carbocycles. The van der Waals surface area contributed by atoms with Crippen molar-refractivity contribution < 1.29 is 23.4 Å². The van der Waals surface area contributed by atoms with E-state index in [2.05, 4.69) is 15.4 Å². The van der Waals surface area contributed by atoms with Crippen LogP contribution in [0, 0.1) is 17.6 Å². The highest BCUT2D eigenvalue weighted by molar-refractivity contribution is 7.11. The van der Waals surface area contributed by atoms with Crippen LogP contribution in [0.25, 0.3) is 0 Å². The van der Waals surface area contributed by atoms with Crippen molar-refractivity contribution in [2.24, 2.45) is 18.0 Å². The number of carbonyl (C=O) groups excluding carboxylic acids is 1. The van der Waals surface area contributed by atoms with Gasteiger partial charge in [-0.2, -0.15) is 5.10 Å². The number of halogens is 3. The van der Waals surface area contributed by atoms with Crippen molar-refractivity contribution in [3.8, 4) is 0 Å². The quantitative estimate of drug-likeness (QED) is 0.297. The molecule has 0 radical (unpaired) electrons. The summed E-state index contributed by atoms with van der Waals surface area (Å²) >= 11 is 7.65. The Balaban J connectivity index is 1.55. The molecule has 12 heteroatoms. The number of esters is 1. The van der Waals surface area contributed by atoms with E-state index >= 15 is 0 Å². The maximum absolute atomic E-state index is 14.6. The first kappa shape index (κ1) is 27.4. The largest absolute Gasteiger partial charge is 0.463 e. The molecule has 8 nitrogen and oxygen atoms in total. The molecule has 2 N–H and O–H groups in total. The fourth-order valence-corrected chi connectivity index (χ4v) is 6.27. The minimum Gasteiger partial charge on any atom is -0.463 e. The Morgan fingerprint density at radius 3 is 2.64 bits per heavy atom. The molecule has 0 spiro atoms. The lowest BCUT2D eigenvalue weighted by Crippen LogP contribution is -2.38. The number of carbonyl (C=O) groups is 1. The number of hydrogen-bond donors (Lipinski definition) is 2. The standard InChI is InChI=1S/C27H28ClF2N5O3S/c1-3-38-27(37)20-23(15-6-4-14(5-7-15)19-12-16(13-36)34-35(19)2)32-25(26-31-10-11-39-26)33-24(20)17-8-9-18(29)22(30)21(17)28/h8-12,14-15,24,36H,3-7,13H2,1-2H3,(H,32,33). The number of rotatable bonds is 7. The second-order valence-electron chi connectivity index (χ2n) is 9.55. The molecule has 1 saturated carbocycles. The van der Waals surface area contributed by atoms with E-state index in [1.54, 1.807) is 13.1 Å². The van der Waals surface area contributed by atoms with Gasteiger partial charge in [0.05, 0.1) is 29.5 Å². The highest BCUT2D eigenvalue weighted by Gasteiger charge is 2.38. The van der Waals surface area contributed by atoms with Gasteiger partial charge in [-0.1, -0.05) is 17.7 Å². The van der Waals surface area contributed by atoms with Gasteiger partial charge in [0.15, 0.2) is 22.5 Å². The van der Waals surface area contributed by atoms with Crippen molar-refractivity contribution >= 4 is 34.7 Å². The van der Waals surface area contributed by atoms with Gasteiger partial charge >= 0.3 is 5.97 Å². The summed E-state index contributed by atoms with van der Waals surface area (Å²) in [5, 5.41) is 19.2. The van der Waals surface area contributed by atoms with E-state index in [0.717, 1.165) is 37.4 Å². The Morgan fingerprint density at radius 1 is 1.26 bits per heavy atom. The van der Waals surface area contributed by atoms with Gasteiger partial charge in [0.25, 0.3) is 0 Å². The number of aliphatic hydroxyl groups excluding tert-OH is 1. The number of aryl methyl sites for hydroxylation is 1. The third kappa shape index (κ3) is 5.35. The van der Waals surface area contributed by atoms with Crippen molar-refractivity contribution in [3.05, 3.63) is 79.7 Å². The molecular weight excluding hydrogens is 548 g/mol. The molecule has 1 unspecified atom stereocenters. The summed E-state index contributed by atoms with van der Waals surface area (Å²) in [6.07, 6.45) is 4.80. The van der Waals surface area contributed by atoms with E-state index in [-0.39, 0.29) is 36.2 Å². The van der Waals surface area contributed by atoms with Crippen LogP contribution in [-0.2, 0) is 23.2 Å². The van der Waals surface area contributed by atoms with Crippen LogP contribution in [0.2, 0.25) is 5.02 Å². The lowest BCUT2D eigenvalue weighted by Gasteiger charge is -2.35. The topological polar surface area (TPSA) is 102 Å². The minimum atomic E-state index is -1.19. The number of allylic oxidation sites excluding steroid dienone is 1. The van der Waals surface area contributed by atoms with E-state index in [9.17, 15) is 18.7 Å². The van der Waals surface area contributed by atoms with Crippen LogP contribution in [0.5, 0.6) is 0 Å². The second-order valence-corrected chi connectivity index (χ2v) is 10.8. The number of nitrogens with zero attached hydrogens (tertiary/aromatic N) is 4. The Labute approximate surface area is 233 Å². The van der Waals surface area contributed by atoms with Crippen molar-refractivity contribution in [3.63, 3.8) is 0 Å². The van der Waals surface area contributed by atoms with Gasteiger partial charge in [-0.05, 0) is 50.7 Å². The Hall–Kier alpha value is -3.15. The summed E-state index contributed by atoms with van der Waals surface area (Å²) in [4.78, 5) is 22.5. The summed E-state index contributed by atoms with van der Waals surface area (Å²) in [5.41, 5.74) is 2.74. The number of aromatic nitrogens is 3. The molecule has 1 aliphatic carbocycles. The summed E-state index contributed by atoms with van der Waals surface area (Å²) in [6.45, 7) is 1.73. The number of thiazole rings is 1. The fraction of sp³-hybridized carbons (Fsp3) is 0.407. The van der Waals surface area contributed by atoms with E-state index < -0.39 is 28.7 Å². The zero-order chi connectivity index (χ0) is 27.7. The van der Waals surface area contributed by atoms with Crippen LogP contribution < -0.4 is 5.32 Å². The molecule has 1 fully saturated rings. The molecule has 2 aliphatic rings. The molecule has 1 atom stereocenters. The Bertz CT molecular complexity index is 1430. The van der Waals surface area contributed by atoms with E-state index in [1.165, 1.54) is 17.4 Å². The number of amidine groups is 1. The molecule has 0 bridgehead atoms. The lowest BCUT2D eigenvalue weighted by molar-refractivity contribution is -0.139. The van der Waals surface area contributed by atoms with Crippen LogP contribution in [0.1, 0.15) is 66.5 Å². The fourth-order valence-electron chi connectivity index (χ4n) is 5.43. The maximum atomic E-state index is 14.6. The normalized spacial score (nSPS) is 21.5. The van der Waals surface area contributed by atoms with Crippen molar-refractivity contribution in [1.29, 1.82) is 0 Å². The molecule has 3 aromatic rings. The van der Waals surface area contributed by atoms with Crippen LogP contribution in [0.4, 0.5) is 8.78 Å². The zero-order valence-electron chi connectivity index (χ0n) is 21.5. The number of ether oxygens (including phenoxy) is 1. The maximum Gasteiger partial charge on any atom is 0.338 e. The van der Waals surface area contributed by atoms with Gasteiger partial charge < -0.3 is 15.2 Å². The van der Waals surface area contributed by atoms with Gasteiger partial charge in [0.2, 0.25) is 0 Å². The molecule has 1 aliphatic heterocycles. The van der Waals surface area contributed by atoms with E-state index in [0.29, 0.717) is 22.2 Å². The summed E-state index contributed by atoms with van der Waals surface area (Å²) < 4.78 is 35.8. The van der Waals surface area contributed by atoms with Gasteiger partial charge in [0, 0.05) is 41.5 Å². The van der Waals surface area contributed by atoms with Crippen LogP contribution in [0.3, 0.4) is 0 Å². The highest BCUT2D eigenvalue weighted by atomic mass is 35.5. The predicted octanol–water partition coefficient (Wildman–Crippen LogP) is 5.18. The number of hydrogen-bond acceptors (Lipinski definition) is 8. The first-order chi connectivity index (χ1) is 18.8. The molecule has 206 valence electrons. The van der Waals surface area contributed by atoms with Crippen LogP contribution in [-0.4, -0.2) is 38.3 Å². The molecule has 39 heavy (non-hydrogen) atoms. The van der Waals surface area contributed by atoms with Gasteiger partial charge in [-0.3, -0.25) is 9.67 Å². The molecule has 0 amide bonds. The van der Waals surface area contributed by atoms with Crippen molar-refractivity contribution in [2.75, 3.05) is 6.61 Å². The van der Waals surface area contributed by atoms with Gasteiger partial charge in [-0.15, -0.1) is 11.3 Å². The van der Waals surface area contributed by atoms with Crippen LogP contribution in [0.15, 0.2) is 46.0 Å². The zero-order valence-corrected chi connectivity index (χ0v) is 23.0. The van der Waals surface area contributed by atoms with E-state index in [4.69, 9.17) is 21.3 Å². The average molecular weight is 576 g/mol. The highest BCUT2D eigenvalue weighted by Crippen LogP contribution is 2.44. The third-order valence-corrected chi connectivity index (χ3v) is 8.41. The first-order valence-electron chi connectivity index (χ1n) is 12.7. The Morgan fingerprint density at radius 2 is 2.00 bits per heavy atom. The van der Waals surface area contributed by atoms with Gasteiger partial charge in [-0.25, -0.2) is 18.6 Å². The predicted molar refractivity (Wildman–Crippen MR) is 143 cm³/mol. The summed E-state index contributed by atoms with van der Waals surface area (Å²) in [5.74, 6) is -2.24. The van der Waals surface area contributed by atoms with Crippen molar-refractivity contribution in [1.82, 2.24) is 20.1 Å². The van der Waals surface area contributed by atoms with Crippen molar-refractivity contribution in [2.45, 2.75) is 51.2 Å². The number of nitrogens with one attached hydrogen (secondary N) is 1. The van der Waals surface area contributed by atoms with Gasteiger partial charge in [0.1, 0.15) is 6.04 Å². The SMILES string of the molecule is CCOC(=O)C1=C(C2CCC(c3cc(CO)nn3C)CC2)NC(c2nccs2)=NC1c1ccc(F)c(F)c1Cl. The minimum absolute atomic E-state index is 0.0526. The van der Waals surface area contributed by atoms with E-state index in [1.807, 2.05) is 23.2 Å². The summed E-state index contributed by atoms with van der Waals surface area (Å²) in [7, 11) is 1.87. The molecule has 0 saturated heterocycles. The second kappa shape index (κ2) is 11.5. The number of aliphatic hydroxyl groups is 1. The first-order valence-corrected chi connectivity index (χ1v) is 14.0. The average Bonchev–Trinajstić information content (AvgIpc) is 3.61. The smallest absolute Gasteiger partial charge is 0.338 e. The molecule has 2 aromatic heterocycles. The molecule has 5 rings (SSSR count). The lowest BCUT2D eigenvalue weighted by atomic mass is 9.77. The third-order valence-electron chi connectivity index (χ3n) is 7.25. The molecular formula is C27H28ClF2N5O3S. The number of aliphatic imine (C=N–C) groups is 1. The summed E-state index contributed by atoms with van der Waals surface area (Å²) in [6, 6.07) is 3.26. The Kier molecular flexibility index (Phi) is 8.11. The molecule has 3 heterocycles. The monoisotopic (exact) mass is 575 g/mol. The number of benzene rings is 1.